The van der Waals surface area contributed by atoms with E-state index in [1.54, 1.807) is 0 Å². The molecule has 1 amide bonds. The number of aryl methyl sites for hydroxylation is 1. The van der Waals surface area contributed by atoms with Crippen LogP contribution in [0.15, 0.2) is 36.8 Å². The summed E-state index contributed by atoms with van der Waals surface area (Å²) in [4.78, 5) is 34.4. The first-order chi connectivity index (χ1) is 12.8. The van der Waals surface area contributed by atoms with Gasteiger partial charge in [0.15, 0.2) is 5.83 Å². The Kier molecular flexibility index (Phi) is 4.68. The van der Waals surface area contributed by atoms with Crippen LogP contribution in [0.4, 0.5) is 14.5 Å². The Hall–Kier alpha value is -3.62. The molecule has 0 aliphatic heterocycles. The minimum atomic E-state index is -1.27. The fraction of sp³-hybridized carbons (Fsp3) is 0.111. The van der Waals surface area contributed by atoms with Crippen molar-refractivity contribution in [1.82, 2.24) is 15.0 Å². The van der Waals surface area contributed by atoms with Crippen molar-refractivity contribution in [3.8, 4) is 11.3 Å². The number of aromatic amines is 1. The highest BCUT2D eigenvalue weighted by molar-refractivity contribution is 6.08. The van der Waals surface area contributed by atoms with Crippen LogP contribution in [0.5, 0.6) is 0 Å². The Morgan fingerprint density at radius 1 is 1.33 bits per heavy atom. The lowest BCUT2D eigenvalue weighted by atomic mass is 10.0. The number of benzene rings is 1. The number of hydrogen-bond donors (Lipinski definition) is 3. The van der Waals surface area contributed by atoms with Crippen LogP contribution in [-0.4, -0.2) is 31.9 Å². The highest BCUT2D eigenvalue weighted by Crippen LogP contribution is 2.31. The molecule has 2 heterocycles. The summed E-state index contributed by atoms with van der Waals surface area (Å²) in [6.07, 6.45) is 1.78. The summed E-state index contributed by atoms with van der Waals surface area (Å²) < 4.78 is 26.9. The van der Waals surface area contributed by atoms with Crippen molar-refractivity contribution in [2.45, 2.75) is 13.3 Å². The average molecular weight is 372 g/mol. The van der Waals surface area contributed by atoms with Crippen molar-refractivity contribution in [3.63, 3.8) is 0 Å². The molecular weight excluding hydrogens is 358 g/mol. The van der Waals surface area contributed by atoms with Crippen LogP contribution < -0.4 is 5.32 Å². The van der Waals surface area contributed by atoms with E-state index in [0.29, 0.717) is 23.5 Å². The number of carboxylic acid groups (broad SMARTS) is 1. The van der Waals surface area contributed by atoms with Gasteiger partial charge in [-0.05, 0) is 18.2 Å². The van der Waals surface area contributed by atoms with Gasteiger partial charge in [0.2, 0.25) is 0 Å². The van der Waals surface area contributed by atoms with Gasteiger partial charge < -0.3 is 15.4 Å². The number of anilines is 1. The zero-order valence-corrected chi connectivity index (χ0v) is 14.1. The van der Waals surface area contributed by atoms with Crippen LogP contribution in [0.1, 0.15) is 23.1 Å². The normalized spacial score (nSPS) is 10.8. The predicted octanol–water partition coefficient (Wildman–Crippen LogP) is 3.45. The van der Waals surface area contributed by atoms with E-state index in [0.717, 1.165) is 6.07 Å². The molecule has 0 unspecified atom stereocenters. The second kappa shape index (κ2) is 6.94. The molecule has 0 aliphatic rings. The number of hydrogen-bond acceptors (Lipinski definition) is 4. The number of carbonyl (C=O) groups excluding carboxylic acids is 1. The molecule has 7 nitrogen and oxygen atoms in total. The van der Waals surface area contributed by atoms with E-state index in [2.05, 4.69) is 26.8 Å². The van der Waals surface area contributed by atoms with Crippen LogP contribution in [0.25, 0.3) is 22.3 Å². The average Bonchev–Trinajstić information content (AvgIpc) is 3.06. The second-order valence-electron chi connectivity index (χ2n) is 5.63. The van der Waals surface area contributed by atoms with E-state index in [-0.39, 0.29) is 22.3 Å². The molecule has 3 N–H and O–H groups in total. The van der Waals surface area contributed by atoms with Crippen LogP contribution in [0.3, 0.4) is 0 Å². The van der Waals surface area contributed by atoms with Crippen molar-refractivity contribution in [2.24, 2.45) is 0 Å². The SMILES string of the molecule is C=C(F)C(=O)Nc1cc(-c2nc(CC)nc3[nH]cc(C(=O)O)c23)ccc1F. The molecule has 2 aromatic heterocycles. The molecule has 0 fully saturated rings. The van der Waals surface area contributed by atoms with E-state index >= 15 is 0 Å². The molecule has 9 heteroatoms. The first-order valence-electron chi connectivity index (χ1n) is 7.88. The molecule has 0 bridgehead atoms. The fourth-order valence-electron chi connectivity index (χ4n) is 2.57. The Morgan fingerprint density at radius 3 is 2.70 bits per heavy atom. The molecule has 138 valence electrons. The van der Waals surface area contributed by atoms with Gasteiger partial charge in [0.05, 0.1) is 22.3 Å². The number of H-pyrrole nitrogens is 1. The third kappa shape index (κ3) is 3.39. The minimum absolute atomic E-state index is 0.0466. The lowest BCUT2D eigenvalue weighted by Gasteiger charge is -2.10. The smallest absolute Gasteiger partial charge is 0.338 e. The molecule has 0 saturated carbocycles. The maximum atomic E-state index is 14.0. The third-order valence-electron chi connectivity index (χ3n) is 3.86. The second-order valence-corrected chi connectivity index (χ2v) is 5.63. The number of carbonyl (C=O) groups is 2. The highest BCUT2D eigenvalue weighted by Gasteiger charge is 2.20. The van der Waals surface area contributed by atoms with Crippen molar-refractivity contribution in [3.05, 3.63) is 54.0 Å². The minimum Gasteiger partial charge on any atom is -0.478 e. The van der Waals surface area contributed by atoms with Gasteiger partial charge in [0.25, 0.3) is 5.91 Å². The Balaban J connectivity index is 2.22. The summed E-state index contributed by atoms with van der Waals surface area (Å²) in [6, 6.07) is 3.70. The van der Waals surface area contributed by atoms with Gasteiger partial charge in [0, 0.05) is 18.2 Å². The maximum absolute atomic E-state index is 14.0. The summed E-state index contributed by atoms with van der Waals surface area (Å²) in [5, 5.41) is 11.7. The van der Waals surface area contributed by atoms with Crippen molar-refractivity contribution < 1.29 is 23.5 Å². The molecule has 0 atom stereocenters. The summed E-state index contributed by atoms with van der Waals surface area (Å²) >= 11 is 0. The van der Waals surface area contributed by atoms with Gasteiger partial charge in [-0.2, -0.15) is 0 Å². The van der Waals surface area contributed by atoms with E-state index < -0.39 is 23.5 Å². The van der Waals surface area contributed by atoms with Crippen LogP contribution in [0.2, 0.25) is 0 Å². The number of aromatic carboxylic acids is 1. The molecular formula is C18H14F2N4O3. The quantitative estimate of drug-likeness (QED) is 0.595. The molecule has 0 spiro atoms. The Bertz CT molecular complexity index is 1090. The highest BCUT2D eigenvalue weighted by atomic mass is 19.1. The molecule has 0 saturated heterocycles. The topological polar surface area (TPSA) is 108 Å². The van der Waals surface area contributed by atoms with Crippen molar-refractivity contribution >= 4 is 28.6 Å². The van der Waals surface area contributed by atoms with Gasteiger partial charge in [-0.3, -0.25) is 4.79 Å². The number of fused-ring (bicyclic) bond motifs is 1. The van der Waals surface area contributed by atoms with Gasteiger partial charge in [-0.1, -0.05) is 13.5 Å². The van der Waals surface area contributed by atoms with Crippen LogP contribution in [-0.2, 0) is 11.2 Å². The molecule has 0 aliphatic carbocycles. The summed E-state index contributed by atoms with van der Waals surface area (Å²) in [7, 11) is 0. The van der Waals surface area contributed by atoms with E-state index in [1.165, 1.54) is 18.3 Å². The van der Waals surface area contributed by atoms with Crippen molar-refractivity contribution in [2.75, 3.05) is 5.32 Å². The summed E-state index contributed by atoms with van der Waals surface area (Å²) in [5.41, 5.74) is 0.579. The third-order valence-corrected chi connectivity index (χ3v) is 3.86. The number of carboxylic acids is 1. The summed E-state index contributed by atoms with van der Waals surface area (Å²) in [6.45, 7) is 4.69. The Morgan fingerprint density at radius 2 is 2.07 bits per heavy atom. The lowest BCUT2D eigenvalue weighted by Crippen LogP contribution is -2.12. The number of aromatic nitrogens is 3. The molecule has 0 radical (unpaired) electrons. The monoisotopic (exact) mass is 372 g/mol. The van der Waals surface area contributed by atoms with Gasteiger partial charge in [0.1, 0.15) is 17.3 Å². The van der Waals surface area contributed by atoms with E-state index in [9.17, 15) is 23.5 Å². The largest absolute Gasteiger partial charge is 0.478 e. The summed E-state index contributed by atoms with van der Waals surface area (Å²) in [5.74, 6) is -3.97. The first kappa shape index (κ1) is 18.2. The van der Waals surface area contributed by atoms with E-state index in [1.807, 2.05) is 6.92 Å². The van der Waals surface area contributed by atoms with Gasteiger partial charge in [-0.15, -0.1) is 0 Å². The number of amides is 1. The zero-order valence-electron chi connectivity index (χ0n) is 14.1. The van der Waals surface area contributed by atoms with E-state index in [4.69, 9.17) is 0 Å². The van der Waals surface area contributed by atoms with Crippen LogP contribution >= 0.6 is 0 Å². The number of halogens is 2. The fourth-order valence-corrected chi connectivity index (χ4v) is 2.57. The number of rotatable bonds is 5. The molecule has 3 rings (SSSR count). The zero-order chi connectivity index (χ0) is 19.7. The molecule has 3 aromatic rings. The first-order valence-corrected chi connectivity index (χ1v) is 7.88. The number of nitrogens with one attached hydrogen (secondary N) is 2. The standard InChI is InChI=1S/C18H14F2N4O3/c1-3-13-23-15(14-10(18(26)27)7-21-16(14)24-13)9-4-5-11(20)12(6-9)22-17(25)8(2)19/h4-7H,2-3H2,1H3,(H,22,25)(H,26,27)(H,21,23,24). The van der Waals surface area contributed by atoms with Gasteiger partial charge >= 0.3 is 5.97 Å². The Labute approximate surface area is 151 Å². The lowest BCUT2D eigenvalue weighted by molar-refractivity contribution is -0.114. The van der Waals surface area contributed by atoms with Crippen molar-refractivity contribution in [1.29, 1.82) is 0 Å². The maximum Gasteiger partial charge on any atom is 0.338 e. The van der Waals surface area contributed by atoms with Crippen LogP contribution in [0, 0.1) is 5.82 Å². The predicted molar refractivity (Wildman–Crippen MR) is 94.5 cm³/mol. The molecule has 1 aromatic carbocycles. The number of nitrogens with zero attached hydrogens (tertiary/aromatic N) is 2. The van der Waals surface area contributed by atoms with Gasteiger partial charge in [-0.25, -0.2) is 23.5 Å². The molecule has 27 heavy (non-hydrogen) atoms.